The average molecular weight is 398 g/mol. The second-order valence-electron chi connectivity index (χ2n) is 7.49. The van der Waals surface area contributed by atoms with Crippen LogP contribution in [0.3, 0.4) is 0 Å². The first-order chi connectivity index (χ1) is 14.1. The third-order valence-electron chi connectivity index (χ3n) is 5.40. The van der Waals surface area contributed by atoms with E-state index in [1.165, 1.54) is 5.56 Å². The van der Waals surface area contributed by atoms with Gasteiger partial charge >= 0.3 is 0 Å². The first-order valence-corrected chi connectivity index (χ1v) is 10.3. The number of rotatable bonds is 9. The number of amides is 1. The van der Waals surface area contributed by atoms with Crippen molar-refractivity contribution in [3.8, 4) is 5.75 Å². The van der Waals surface area contributed by atoms with E-state index < -0.39 is 0 Å². The van der Waals surface area contributed by atoms with Crippen LogP contribution in [0.2, 0.25) is 0 Å². The molecule has 2 heterocycles. The van der Waals surface area contributed by atoms with Gasteiger partial charge in [-0.2, -0.15) is 0 Å². The number of fused-ring (bicyclic) bond motifs is 1. The van der Waals surface area contributed by atoms with Crippen molar-refractivity contribution in [2.75, 3.05) is 44.6 Å². The molecule has 1 amide bonds. The molecular weight excluding hydrogens is 366 g/mol. The van der Waals surface area contributed by atoms with Gasteiger partial charge in [0.25, 0.3) is 0 Å². The quantitative estimate of drug-likeness (QED) is 0.379. The van der Waals surface area contributed by atoms with Crippen LogP contribution in [-0.4, -0.2) is 60.1 Å². The van der Waals surface area contributed by atoms with Crippen molar-refractivity contribution < 1.29 is 14.6 Å². The van der Waals surface area contributed by atoms with Crippen LogP contribution in [-0.2, 0) is 11.2 Å². The van der Waals surface area contributed by atoms with Gasteiger partial charge in [0.15, 0.2) is 0 Å². The van der Waals surface area contributed by atoms with Crippen molar-refractivity contribution in [1.29, 1.82) is 0 Å². The Labute approximate surface area is 173 Å². The summed E-state index contributed by atoms with van der Waals surface area (Å²) in [5.41, 5.74) is 2.81. The summed E-state index contributed by atoms with van der Waals surface area (Å²) in [5, 5.41) is 12.6. The lowest BCUT2D eigenvalue weighted by molar-refractivity contribution is -0.116. The average Bonchev–Trinajstić information content (AvgIpc) is 2.72. The van der Waals surface area contributed by atoms with Gasteiger partial charge in [0.1, 0.15) is 11.5 Å². The maximum absolute atomic E-state index is 11.5. The predicted octanol–water partition coefficient (Wildman–Crippen LogP) is 3.49. The Kier molecular flexibility index (Phi) is 7.36. The summed E-state index contributed by atoms with van der Waals surface area (Å²) in [4.78, 5) is 16.1. The third kappa shape index (κ3) is 5.87. The molecular formula is C23H31N3O3. The third-order valence-corrected chi connectivity index (χ3v) is 5.40. The normalized spacial score (nSPS) is 17.4. The first kappa shape index (κ1) is 21.0. The summed E-state index contributed by atoms with van der Waals surface area (Å²) < 4.78 is 5.87. The summed E-state index contributed by atoms with van der Waals surface area (Å²) in [6.07, 6.45) is 6.90. The number of anilines is 1. The molecule has 0 aliphatic carbocycles. The lowest BCUT2D eigenvalue weighted by Gasteiger charge is -2.37. The Hall–Kier alpha value is -2.73. The molecule has 1 aromatic rings. The van der Waals surface area contributed by atoms with Crippen molar-refractivity contribution in [2.24, 2.45) is 0 Å². The highest BCUT2D eigenvalue weighted by atomic mass is 16.5. The number of aliphatic hydroxyl groups is 1. The van der Waals surface area contributed by atoms with E-state index in [4.69, 9.17) is 4.74 Å². The molecule has 1 aromatic carbocycles. The van der Waals surface area contributed by atoms with Crippen LogP contribution < -0.4 is 10.1 Å². The van der Waals surface area contributed by atoms with E-state index in [0.29, 0.717) is 13.0 Å². The van der Waals surface area contributed by atoms with Crippen LogP contribution in [0.15, 0.2) is 55.0 Å². The molecule has 156 valence electrons. The Morgan fingerprint density at radius 2 is 2.00 bits per heavy atom. The van der Waals surface area contributed by atoms with Gasteiger partial charge in [-0.3, -0.25) is 9.69 Å². The second kappa shape index (κ2) is 10.2. The fourth-order valence-electron chi connectivity index (χ4n) is 3.78. The van der Waals surface area contributed by atoms with Crippen LogP contribution in [0, 0.1) is 0 Å². The summed E-state index contributed by atoms with van der Waals surface area (Å²) in [5.74, 6) is 0.979. The number of hydrogen-bond donors (Lipinski definition) is 2. The second-order valence-corrected chi connectivity index (χ2v) is 7.49. The minimum atomic E-state index is 0.0742. The van der Waals surface area contributed by atoms with E-state index in [2.05, 4.69) is 28.3 Å². The number of nitrogens with zero attached hydrogens (tertiary/aromatic N) is 2. The smallest absolute Gasteiger partial charge is 0.224 e. The molecule has 2 N–H and O–H groups in total. The Bertz CT molecular complexity index is 780. The highest BCUT2D eigenvalue weighted by Crippen LogP contribution is 2.27. The van der Waals surface area contributed by atoms with Crippen LogP contribution in [0.1, 0.15) is 24.8 Å². The number of piperazine rings is 1. The molecule has 2 aliphatic heterocycles. The van der Waals surface area contributed by atoms with Gasteiger partial charge in [-0.15, -0.1) is 0 Å². The maximum atomic E-state index is 11.5. The summed E-state index contributed by atoms with van der Waals surface area (Å²) in [7, 11) is 0. The lowest BCUT2D eigenvalue weighted by Crippen LogP contribution is -2.46. The van der Waals surface area contributed by atoms with Crippen LogP contribution >= 0.6 is 0 Å². The molecule has 0 aromatic heterocycles. The number of aryl methyl sites for hydroxylation is 1. The van der Waals surface area contributed by atoms with Crippen molar-refractivity contribution in [1.82, 2.24) is 9.80 Å². The standard InChI is InChI=1S/C23H31N3O3/c1-3-6-22(18(2)27)26-14-12-25(13-15-26)11-4-5-16-29-20-9-7-19-8-10-23(28)24-21(19)17-20/h3,6-7,9,17,27H,1-2,4-5,8,10-16H2,(H,24,28)/b22-6+. The minimum Gasteiger partial charge on any atom is -0.506 e. The number of unbranched alkanes of at least 4 members (excludes halogenated alkanes) is 1. The van der Waals surface area contributed by atoms with Gasteiger partial charge in [0.05, 0.1) is 12.3 Å². The Balaban J connectivity index is 1.34. The minimum absolute atomic E-state index is 0.0742. The zero-order valence-electron chi connectivity index (χ0n) is 17.0. The number of aliphatic hydroxyl groups excluding tert-OH is 1. The number of benzene rings is 1. The molecule has 1 saturated heterocycles. The van der Waals surface area contributed by atoms with Gasteiger partial charge in [-0.05, 0) is 43.5 Å². The van der Waals surface area contributed by atoms with E-state index in [1.54, 1.807) is 6.08 Å². The van der Waals surface area contributed by atoms with Crippen LogP contribution in [0.5, 0.6) is 5.75 Å². The van der Waals surface area contributed by atoms with Crippen molar-refractivity contribution in [3.05, 3.63) is 60.5 Å². The lowest BCUT2D eigenvalue weighted by atomic mass is 10.0. The maximum Gasteiger partial charge on any atom is 0.224 e. The fourth-order valence-corrected chi connectivity index (χ4v) is 3.78. The summed E-state index contributed by atoms with van der Waals surface area (Å²) in [6.45, 7) is 12.7. The van der Waals surface area contributed by atoms with Gasteiger partial charge in [0, 0.05) is 44.4 Å². The zero-order chi connectivity index (χ0) is 20.6. The number of allylic oxidation sites excluding steroid dienone is 2. The topological polar surface area (TPSA) is 65.0 Å². The number of nitrogens with one attached hydrogen (secondary N) is 1. The number of carbonyl (C=O) groups excluding carboxylic acids is 1. The van der Waals surface area contributed by atoms with E-state index in [1.807, 2.05) is 24.3 Å². The molecule has 29 heavy (non-hydrogen) atoms. The molecule has 6 nitrogen and oxygen atoms in total. The Morgan fingerprint density at radius 3 is 2.72 bits per heavy atom. The predicted molar refractivity (Wildman–Crippen MR) is 116 cm³/mol. The molecule has 0 spiro atoms. The van der Waals surface area contributed by atoms with Gasteiger partial charge in [-0.1, -0.05) is 25.3 Å². The number of hydrogen-bond acceptors (Lipinski definition) is 5. The first-order valence-electron chi connectivity index (χ1n) is 10.3. The van der Waals surface area contributed by atoms with E-state index in [9.17, 15) is 9.90 Å². The number of ether oxygens (including phenoxy) is 1. The highest BCUT2D eigenvalue weighted by Gasteiger charge is 2.19. The molecule has 2 aliphatic rings. The monoisotopic (exact) mass is 397 g/mol. The molecule has 0 atom stereocenters. The van der Waals surface area contributed by atoms with Crippen molar-refractivity contribution in [3.63, 3.8) is 0 Å². The molecule has 1 fully saturated rings. The number of carbonyl (C=O) groups is 1. The Morgan fingerprint density at radius 1 is 1.21 bits per heavy atom. The highest BCUT2D eigenvalue weighted by molar-refractivity contribution is 5.94. The van der Waals surface area contributed by atoms with Crippen LogP contribution in [0.25, 0.3) is 0 Å². The van der Waals surface area contributed by atoms with Gasteiger partial charge in [0.2, 0.25) is 5.91 Å². The zero-order valence-corrected chi connectivity index (χ0v) is 17.0. The van der Waals surface area contributed by atoms with E-state index in [0.717, 1.165) is 69.1 Å². The molecule has 0 unspecified atom stereocenters. The summed E-state index contributed by atoms with van der Waals surface area (Å²) >= 11 is 0. The largest absolute Gasteiger partial charge is 0.506 e. The van der Waals surface area contributed by atoms with E-state index in [-0.39, 0.29) is 11.7 Å². The van der Waals surface area contributed by atoms with Gasteiger partial charge < -0.3 is 20.1 Å². The molecule has 0 saturated carbocycles. The molecule has 3 rings (SSSR count). The summed E-state index contributed by atoms with van der Waals surface area (Å²) in [6, 6.07) is 5.95. The molecule has 6 heteroatoms. The van der Waals surface area contributed by atoms with Crippen molar-refractivity contribution >= 4 is 11.6 Å². The molecule has 0 bridgehead atoms. The SMILES string of the molecule is C=C/C=C(\C(=C)O)N1CCN(CCCCOc2ccc3c(c2)NC(=O)CC3)CC1. The van der Waals surface area contributed by atoms with Crippen molar-refractivity contribution in [2.45, 2.75) is 25.7 Å². The molecule has 0 radical (unpaired) electrons. The van der Waals surface area contributed by atoms with Crippen LogP contribution in [0.4, 0.5) is 5.69 Å². The fraction of sp³-hybridized carbons (Fsp3) is 0.435. The van der Waals surface area contributed by atoms with Gasteiger partial charge in [-0.25, -0.2) is 0 Å². The van der Waals surface area contributed by atoms with E-state index >= 15 is 0 Å².